The average Bonchev–Trinajstić information content (AvgIpc) is 3.06. The molecule has 1 aliphatic rings. The molecule has 0 amide bonds. The van der Waals surface area contributed by atoms with Crippen LogP contribution in [-0.2, 0) is 10.0 Å². The van der Waals surface area contributed by atoms with E-state index in [1.165, 1.54) is 0 Å². The van der Waals surface area contributed by atoms with Gasteiger partial charge in [0, 0.05) is 6.54 Å². The van der Waals surface area contributed by atoms with Crippen LogP contribution in [0.25, 0.3) is 0 Å². The van der Waals surface area contributed by atoms with Gasteiger partial charge in [-0.15, -0.1) is 0 Å². The Labute approximate surface area is 120 Å². The summed E-state index contributed by atoms with van der Waals surface area (Å²) in [5.74, 6) is -1.82. The molecule has 5 nitrogen and oxygen atoms in total. The van der Waals surface area contributed by atoms with E-state index < -0.39 is 37.3 Å². The lowest BCUT2D eigenvalue weighted by atomic mass is 10.2. The number of aromatic carboxylic acids is 1. The molecule has 1 aromatic rings. The Morgan fingerprint density at radius 3 is 2.65 bits per heavy atom. The predicted octanol–water partition coefficient (Wildman–Crippen LogP) is 2.11. The second kappa shape index (κ2) is 5.31. The fourth-order valence-electron chi connectivity index (χ4n) is 1.86. The first-order valence-electron chi connectivity index (χ1n) is 5.94. The van der Waals surface area contributed by atoms with Gasteiger partial charge < -0.3 is 5.11 Å². The Bertz CT molecular complexity index is 662. The van der Waals surface area contributed by atoms with Gasteiger partial charge in [0.15, 0.2) is 0 Å². The molecule has 2 unspecified atom stereocenters. The van der Waals surface area contributed by atoms with Gasteiger partial charge in [-0.3, -0.25) is 0 Å². The molecule has 0 aliphatic heterocycles. The van der Waals surface area contributed by atoms with Gasteiger partial charge in [-0.25, -0.2) is 22.3 Å². The number of hydrogen-bond acceptors (Lipinski definition) is 3. The molecule has 2 N–H and O–H groups in total. The van der Waals surface area contributed by atoms with Crippen LogP contribution >= 0.6 is 11.6 Å². The van der Waals surface area contributed by atoms with Crippen molar-refractivity contribution in [1.29, 1.82) is 0 Å². The van der Waals surface area contributed by atoms with Crippen molar-refractivity contribution in [3.05, 3.63) is 28.5 Å². The van der Waals surface area contributed by atoms with E-state index in [-0.39, 0.29) is 12.5 Å². The summed E-state index contributed by atoms with van der Waals surface area (Å²) in [5, 5.41) is 8.27. The number of nitrogens with one attached hydrogen (secondary N) is 1. The Morgan fingerprint density at radius 2 is 2.15 bits per heavy atom. The van der Waals surface area contributed by atoms with Crippen LogP contribution in [0.5, 0.6) is 0 Å². The number of carbonyl (C=O) groups is 1. The van der Waals surface area contributed by atoms with E-state index in [9.17, 15) is 17.6 Å². The lowest BCUT2D eigenvalue weighted by Gasteiger charge is -2.08. The average molecular weight is 322 g/mol. The van der Waals surface area contributed by atoms with Crippen LogP contribution in [0, 0.1) is 17.7 Å². The molecule has 1 fully saturated rings. The maximum atomic E-state index is 13.5. The van der Waals surface area contributed by atoms with E-state index in [1.54, 1.807) is 0 Å². The molecular formula is C12H13ClFNO4S. The molecule has 0 heterocycles. The molecule has 2 atom stereocenters. The summed E-state index contributed by atoms with van der Waals surface area (Å²) in [6.07, 6.45) is 0.942. The molecule has 0 aromatic heterocycles. The Hall–Kier alpha value is -1.18. The summed E-state index contributed by atoms with van der Waals surface area (Å²) < 4.78 is 39.9. The minimum Gasteiger partial charge on any atom is -0.478 e. The fraction of sp³-hybridized carbons (Fsp3) is 0.417. The number of benzene rings is 1. The van der Waals surface area contributed by atoms with Gasteiger partial charge in [-0.2, -0.15) is 0 Å². The maximum absolute atomic E-state index is 13.5. The minimum atomic E-state index is -3.95. The largest absolute Gasteiger partial charge is 0.478 e. The van der Waals surface area contributed by atoms with Gasteiger partial charge in [0.2, 0.25) is 10.0 Å². The van der Waals surface area contributed by atoms with E-state index in [1.807, 2.05) is 6.92 Å². The monoisotopic (exact) mass is 321 g/mol. The van der Waals surface area contributed by atoms with Crippen LogP contribution < -0.4 is 4.72 Å². The molecule has 0 spiro atoms. The highest BCUT2D eigenvalue weighted by Gasteiger charge is 2.33. The van der Waals surface area contributed by atoms with Gasteiger partial charge >= 0.3 is 5.97 Å². The molecule has 20 heavy (non-hydrogen) atoms. The highest BCUT2D eigenvalue weighted by atomic mass is 35.5. The van der Waals surface area contributed by atoms with Crippen molar-refractivity contribution in [3.63, 3.8) is 0 Å². The molecule has 1 aromatic carbocycles. The van der Waals surface area contributed by atoms with Crippen LogP contribution in [0.1, 0.15) is 23.7 Å². The minimum absolute atomic E-state index is 0.260. The van der Waals surface area contributed by atoms with Crippen molar-refractivity contribution in [2.24, 2.45) is 11.8 Å². The highest BCUT2D eigenvalue weighted by molar-refractivity contribution is 7.89. The number of rotatable bonds is 5. The van der Waals surface area contributed by atoms with Gasteiger partial charge in [-0.1, -0.05) is 18.5 Å². The van der Waals surface area contributed by atoms with Crippen LogP contribution in [0.4, 0.5) is 4.39 Å². The number of hydrogen-bond donors (Lipinski definition) is 2. The standard InChI is InChI=1S/C12H13ClFNO4S/c1-6-2-7(6)5-15-20(18,19)8-3-9(12(16)17)11(13)10(14)4-8/h3-4,6-7,15H,2,5H2,1H3,(H,16,17). The Kier molecular flexibility index (Phi) is 4.04. The van der Waals surface area contributed by atoms with E-state index in [0.29, 0.717) is 12.0 Å². The van der Waals surface area contributed by atoms with Crippen molar-refractivity contribution >= 4 is 27.6 Å². The van der Waals surface area contributed by atoms with Crippen molar-refractivity contribution in [3.8, 4) is 0 Å². The molecule has 1 aliphatic carbocycles. The topological polar surface area (TPSA) is 83.5 Å². The first-order valence-corrected chi connectivity index (χ1v) is 7.80. The van der Waals surface area contributed by atoms with E-state index in [4.69, 9.17) is 16.7 Å². The number of sulfonamides is 1. The first-order chi connectivity index (χ1) is 9.22. The SMILES string of the molecule is CC1CC1CNS(=O)(=O)c1cc(F)c(Cl)c(C(=O)O)c1. The van der Waals surface area contributed by atoms with E-state index >= 15 is 0 Å². The lowest BCUT2D eigenvalue weighted by Crippen LogP contribution is -2.26. The van der Waals surface area contributed by atoms with Crippen molar-refractivity contribution in [2.75, 3.05) is 6.54 Å². The predicted molar refractivity (Wildman–Crippen MR) is 70.8 cm³/mol. The van der Waals surface area contributed by atoms with Crippen LogP contribution in [0.15, 0.2) is 17.0 Å². The molecular weight excluding hydrogens is 309 g/mol. The fourth-order valence-corrected chi connectivity index (χ4v) is 3.18. The van der Waals surface area contributed by atoms with Crippen molar-refractivity contribution in [2.45, 2.75) is 18.2 Å². The molecule has 8 heteroatoms. The van der Waals surface area contributed by atoms with Crippen LogP contribution in [0.2, 0.25) is 5.02 Å². The first kappa shape index (κ1) is 15.2. The third-order valence-corrected chi connectivity index (χ3v) is 5.14. The lowest BCUT2D eigenvalue weighted by molar-refractivity contribution is 0.0696. The summed E-state index contributed by atoms with van der Waals surface area (Å²) in [4.78, 5) is 10.5. The Balaban J connectivity index is 2.29. The summed E-state index contributed by atoms with van der Waals surface area (Å²) in [6.45, 7) is 2.26. The molecule has 0 radical (unpaired) electrons. The highest BCUT2D eigenvalue weighted by Crippen LogP contribution is 2.37. The molecule has 1 saturated carbocycles. The quantitative estimate of drug-likeness (QED) is 0.870. The zero-order valence-electron chi connectivity index (χ0n) is 10.6. The summed E-state index contributed by atoms with van der Waals surface area (Å²) >= 11 is 5.50. The molecule has 2 rings (SSSR count). The van der Waals surface area contributed by atoms with E-state index in [2.05, 4.69) is 4.72 Å². The van der Waals surface area contributed by atoms with Crippen LogP contribution in [0.3, 0.4) is 0 Å². The third kappa shape index (κ3) is 3.11. The van der Waals surface area contributed by atoms with E-state index in [0.717, 1.165) is 12.5 Å². The molecule has 0 bridgehead atoms. The normalized spacial score (nSPS) is 21.8. The second-order valence-electron chi connectivity index (χ2n) is 4.90. The zero-order chi connectivity index (χ0) is 15.1. The molecule has 110 valence electrons. The number of carboxylic acid groups (broad SMARTS) is 1. The number of carboxylic acids is 1. The summed E-state index contributed by atoms with van der Waals surface area (Å²) in [7, 11) is -3.95. The van der Waals surface area contributed by atoms with Gasteiger partial charge in [0.05, 0.1) is 15.5 Å². The molecule has 0 saturated heterocycles. The maximum Gasteiger partial charge on any atom is 0.337 e. The van der Waals surface area contributed by atoms with Crippen molar-refractivity contribution < 1.29 is 22.7 Å². The van der Waals surface area contributed by atoms with Gasteiger partial charge in [0.25, 0.3) is 0 Å². The Morgan fingerprint density at radius 1 is 1.55 bits per heavy atom. The summed E-state index contributed by atoms with van der Waals surface area (Å²) in [5.41, 5.74) is -0.577. The van der Waals surface area contributed by atoms with Gasteiger partial charge in [0.1, 0.15) is 5.82 Å². The third-order valence-electron chi connectivity index (χ3n) is 3.35. The van der Waals surface area contributed by atoms with Crippen LogP contribution in [-0.4, -0.2) is 26.0 Å². The van der Waals surface area contributed by atoms with Gasteiger partial charge in [-0.05, 0) is 30.4 Å². The second-order valence-corrected chi connectivity index (χ2v) is 7.04. The summed E-state index contributed by atoms with van der Waals surface area (Å²) in [6, 6.07) is 1.57. The smallest absolute Gasteiger partial charge is 0.337 e. The van der Waals surface area contributed by atoms with Crippen molar-refractivity contribution in [1.82, 2.24) is 4.72 Å². The zero-order valence-corrected chi connectivity index (χ0v) is 12.1. The number of halogens is 2.